The van der Waals surface area contributed by atoms with Crippen LogP contribution in [0.15, 0.2) is 65.1 Å². The van der Waals surface area contributed by atoms with Crippen molar-refractivity contribution in [2.24, 2.45) is 0 Å². The van der Waals surface area contributed by atoms with E-state index in [-0.39, 0.29) is 12.3 Å². The van der Waals surface area contributed by atoms with Gasteiger partial charge in [-0.2, -0.15) is 0 Å². The van der Waals surface area contributed by atoms with Crippen molar-refractivity contribution in [3.8, 4) is 11.5 Å². The van der Waals surface area contributed by atoms with Gasteiger partial charge in [-0.05, 0) is 61.4 Å². The molecule has 8 nitrogen and oxygen atoms in total. The maximum atomic E-state index is 12.9. The van der Waals surface area contributed by atoms with Gasteiger partial charge in [0.15, 0.2) is 0 Å². The molecule has 1 aliphatic heterocycles. The van der Waals surface area contributed by atoms with Crippen LogP contribution in [-0.2, 0) is 26.2 Å². The zero-order chi connectivity index (χ0) is 27.4. The fourth-order valence-corrected chi connectivity index (χ4v) is 6.45. The summed E-state index contributed by atoms with van der Waals surface area (Å²) in [6.07, 6.45) is 1.37. The van der Waals surface area contributed by atoms with Crippen molar-refractivity contribution < 1.29 is 22.7 Å². The summed E-state index contributed by atoms with van der Waals surface area (Å²) in [5.41, 5.74) is 1.41. The van der Waals surface area contributed by atoms with Crippen molar-refractivity contribution in [3.05, 3.63) is 80.7 Å². The Morgan fingerprint density at radius 1 is 1.05 bits per heavy atom. The Labute approximate surface area is 239 Å². The summed E-state index contributed by atoms with van der Waals surface area (Å²) < 4.78 is 32.9. The number of benzene rings is 3. The zero-order valence-corrected chi connectivity index (χ0v) is 24.2. The molecule has 38 heavy (non-hydrogen) atoms. The summed E-state index contributed by atoms with van der Waals surface area (Å²) in [5.74, 6) is -0.677. The monoisotopic (exact) mass is 639 g/mol. The Kier molecular flexibility index (Phi) is 8.87. The summed E-state index contributed by atoms with van der Waals surface area (Å²) in [5, 5.41) is 3.40. The third-order valence-corrected chi connectivity index (χ3v) is 8.58. The number of carbonyl (C=O) groups is 2. The average Bonchev–Trinajstić information content (AvgIpc) is 2.84. The van der Waals surface area contributed by atoms with Gasteiger partial charge < -0.3 is 15.0 Å². The van der Waals surface area contributed by atoms with Gasteiger partial charge in [-0.25, -0.2) is 8.42 Å². The minimum Gasteiger partial charge on any atom is -0.457 e. The van der Waals surface area contributed by atoms with Crippen molar-refractivity contribution >= 4 is 72.3 Å². The van der Waals surface area contributed by atoms with E-state index in [9.17, 15) is 18.0 Å². The number of sulfonamides is 1. The summed E-state index contributed by atoms with van der Waals surface area (Å²) in [6, 6.07) is 16.6. The summed E-state index contributed by atoms with van der Waals surface area (Å²) in [6.45, 7) is 0.454. The summed E-state index contributed by atoms with van der Waals surface area (Å²) in [7, 11) is -1.90. The lowest BCUT2D eigenvalue weighted by molar-refractivity contribution is -0.142. The second kappa shape index (κ2) is 11.9. The highest BCUT2D eigenvalue weighted by Gasteiger charge is 2.26. The third kappa shape index (κ3) is 6.99. The molecule has 1 N–H and O–H groups in total. The fourth-order valence-electron chi connectivity index (χ4n) is 3.97. The molecule has 0 saturated carbocycles. The van der Waals surface area contributed by atoms with E-state index >= 15 is 0 Å². The molecule has 0 radical (unpaired) electrons. The first-order valence-corrected chi connectivity index (χ1v) is 14.8. The quantitative estimate of drug-likeness (QED) is 0.330. The molecule has 0 aromatic heterocycles. The first-order chi connectivity index (χ1) is 18.0. The second-order valence-corrected chi connectivity index (χ2v) is 12.5. The maximum Gasteiger partial charge on any atom is 0.313 e. The fraction of sp³-hybridized carbons (Fsp3) is 0.231. The lowest BCUT2D eigenvalue weighted by Crippen LogP contribution is -2.38. The minimum absolute atomic E-state index is 0.0786. The van der Waals surface area contributed by atoms with Crippen LogP contribution in [0.3, 0.4) is 0 Å². The number of nitrogens with zero attached hydrogens (tertiary/aromatic N) is 2. The normalized spacial score (nSPS) is 14.6. The Balaban J connectivity index is 1.46. The van der Waals surface area contributed by atoms with E-state index in [0.29, 0.717) is 51.4 Å². The van der Waals surface area contributed by atoms with Crippen LogP contribution in [0.25, 0.3) is 0 Å². The molecule has 1 aliphatic rings. The standard InChI is InChI=1S/C26H24BrCl2N3O5S/c1-31(16-17-7-8-18(27)11-24(17)37-23-13-19(28)12-20(29)14-23)26(34)25(33)30-21-5-4-6-22(15-21)32-9-2-3-10-38(32,35)36/h4-8,11-15H,2-3,9-10,16H2,1H3,(H,30,33). The van der Waals surface area contributed by atoms with E-state index in [1.165, 1.54) is 16.3 Å². The highest BCUT2D eigenvalue weighted by molar-refractivity contribution is 9.10. The molecule has 0 spiro atoms. The van der Waals surface area contributed by atoms with Gasteiger partial charge in [0, 0.05) is 45.9 Å². The molecule has 200 valence electrons. The van der Waals surface area contributed by atoms with Crippen LogP contribution < -0.4 is 14.4 Å². The van der Waals surface area contributed by atoms with Gasteiger partial charge >= 0.3 is 11.8 Å². The molecule has 1 heterocycles. The van der Waals surface area contributed by atoms with Crippen LogP contribution >= 0.6 is 39.1 Å². The molecule has 0 bridgehead atoms. The number of hydrogen-bond donors (Lipinski definition) is 1. The van der Waals surface area contributed by atoms with Crippen molar-refractivity contribution in [2.75, 3.05) is 29.0 Å². The number of carbonyl (C=O) groups excluding carboxylic acids is 2. The topological polar surface area (TPSA) is 96.0 Å². The molecule has 0 atom stereocenters. The molecule has 4 rings (SSSR count). The van der Waals surface area contributed by atoms with Crippen LogP contribution in [0.1, 0.15) is 18.4 Å². The van der Waals surface area contributed by atoms with Crippen molar-refractivity contribution in [3.63, 3.8) is 0 Å². The van der Waals surface area contributed by atoms with Crippen molar-refractivity contribution in [1.29, 1.82) is 0 Å². The number of amides is 2. The summed E-state index contributed by atoms with van der Waals surface area (Å²) >= 11 is 15.6. The van der Waals surface area contributed by atoms with Gasteiger partial charge in [-0.15, -0.1) is 0 Å². The molecule has 3 aromatic rings. The number of anilines is 2. The SMILES string of the molecule is CN(Cc1ccc(Br)cc1Oc1cc(Cl)cc(Cl)c1)C(=O)C(=O)Nc1cccc(N2CCCCS2(=O)=O)c1. The predicted molar refractivity (Wildman–Crippen MR) is 153 cm³/mol. The highest BCUT2D eigenvalue weighted by Crippen LogP contribution is 2.33. The van der Waals surface area contributed by atoms with Gasteiger partial charge in [-0.1, -0.05) is 51.3 Å². The Bertz CT molecular complexity index is 1470. The van der Waals surface area contributed by atoms with Crippen molar-refractivity contribution in [1.82, 2.24) is 4.90 Å². The molecule has 2 amide bonds. The number of nitrogens with one attached hydrogen (secondary N) is 1. The highest BCUT2D eigenvalue weighted by atomic mass is 79.9. The molecule has 3 aromatic carbocycles. The van der Waals surface area contributed by atoms with E-state index in [4.69, 9.17) is 27.9 Å². The molecular weight excluding hydrogens is 617 g/mol. The Hall–Kier alpha value is -2.79. The zero-order valence-electron chi connectivity index (χ0n) is 20.3. The van der Waals surface area contributed by atoms with Gasteiger partial charge in [-0.3, -0.25) is 13.9 Å². The third-order valence-electron chi connectivity index (χ3n) is 5.78. The van der Waals surface area contributed by atoms with Gasteiger partial charge in [0.25, 0.3) is 0 Å². The number of hydrogen-bond acceptors (Lipinski definition) is 5. The molecule has 12 heteroatoms. The number of halogens is 3. The molecular formula is C26H24BrCl2N3O5S. The largest absolute Gasteiger partial charge is 0.457 e. The predicted octanol–water partition coefficient (Wildman–Crippen LogP) is 6.08. The maximum absolute atomic E-state index is 12.9. The number of ether oxygens (including phenoxy) is 1. The van der Waals surface area contributed by atoms with Gasteiger partial charge in [0.1, 0.15) is 11.5 Å². The number of likely N-dealkylation sites (N-methyl/N-ethyl adjacent to an activating group) is 1. The van der Waals surface area contributed by atoms with Gasteiger partial charge in [0.2, 0.25) is 10.0 Å². The van der Waals surface area contributed by atoms with E-state index in [1.54, 1.807) is 60.7 Å². The lowest BCUT2D eigenvalue weighted by atomic mass is 10.2. The second-order valence-electron chi connectivity index (χ2n) is 8.72. The first-order valence-electron chi connectivity index (χ1n) is 11.6. The Morgan fingerprint density at radius 2 is 1.79 bits per heavy atom. The first kappa shape index (κ1) is 28.2. The van der Waals surface area contributed by atoms with E-state index < -0.39 is 21.8 Å². The average molecular weight is 641 g/mol. The molecule has 1 saturated heterocycles. The molecule has 0 aliphatic carbocycles. The smallest absolute Gasteiger partial charge is 0.313 e. The van der Waals surface area contributed by atoms with Crippen LogP contribution in [0, 0.1) is 0 Å². The van der Waals surface area contributed by atoms with E-state index in [2.05, 4.69) is 21.2 Å². The van der Waals surface area contributed by atoms with Crippen LogP contribution in [0.4, 0.5) is 11.4 Å². The minimum atomic E-state index is -3.41. The molecule has 1 fully saturated rings. The van der Waals surface area contributed by atoms with Gasteiger partial charge in [0.05, 0.1) is 11.4 Å². The van der Waals surface area contributed by atoms with E-state index in [1.807, 2.05) is 0 Å². The van der Waals surface area contributed by atoms with Crippen LogP contribution in [0.5, 0.6) is 11.5 Å². The lowest BCUT2D eigenvalue weighted by Gasteiger charge is -2.28. The van der Waals surface area contributed by atoms with Crippen LogP contribution in [0.2, 0.25) is 10.0 Å². The van der Waals surface area contributed by atoms with E-state index in [0.717, 1.165) is 10.9 Å². The Morgan fingerprint density at radius 3 is 2.50 bits per heavy atom. The summed E-state index contributed by atoms with van der Waals surface area (Å²) in [4.78, 5) is 26.9. The molecule has 0 unspecified atom stereocenters. The number of rotatable bonds is 6. The van der Waals surface area contributed by atoms with Crippen LogP contribution in [-0.4, -0.2) is 44.5 Å². The van der Waals surface area contributed by atoms with Crippen molar-refractivity contribution in [2.45, 2.75) is 19.4 Å².